The molecule has 0 bridgehead atoms. The van der Waals surface area contributed by atoms with Gasteiger partial charge >= 0.3 is 0 Å². The Morgan fingerprint density at radius 1 is 1.39 bits per heavy atom. The fourth-order valence-corrected chi connectivity index (χ4v) is 2.04. The van der Waals surface area contributed by atoms with Crippen LogP contribution in [0.4, 0.5) is 4.39 Å². The van der Waals surface area contributed by atoms with Crippen molar-refractivity contribution in [2.45, 2.75) is 19.3 Å². The molecule has 1 rings (SSSR count). The van der Waals surface area contributed by atoms with Gasteiger partial charge in [-0.05, 0) is 29.4 Å². The van der Waals surface area contributed by atoms with Crippen molar-refractivity contribution in [3.05, 3.63) is 29.6 Å². The van der Waals surface area contributed by atoms with Crippen molar-refractivity contribution in [1.82, 2.24) is 5.32 Å². The lowest BCUT2D eigenvalue weighted by atomic mass is 10.2. The fraction of sp³-hybridized carbons (Fsp3) is 0.462. The van der Waals surface area contributed by atoms with Crippen LogP contribution in [0.5, 0.6) is 5.75 Å². The third-order valence-electron chi connectivity index (χ3n) is 2.52. The molecule has 1 N–H and O–H groups in total. The van der Waals surface area contributed by atoms with Crippen molar-refractivity contribution in [3.8, 4) is 5.75 Å². The van der Waals surface area contributed by atoms with Gasteiger partial charge in [-0.15, -0.1) is 0 Å². The third kappa shape index (κ3) is 4.80. The molecule has 18 heavy (non-hydrogen) atoms. The van der Waals surface area contributed by atoms with E-state index in [-0.39, 0.29) is 11.5 Å². The number of alkyl halides is 1. The topological polar surface area (TPSA) is 38.3 Å². The second-order valence-electron chi connectivity index (χ2n) is 3.85. The lowest BCUT2D eigenvalue weighted by Gasteiger charge is -2.07. The Balaban J connectivity index is 2.46. The Labute approximate surface area is 120 Å². The normalized spacial score (nSPS) is 10.2. The van der Waals surface area contributed by atoms with Gasteiger partial charge in [0.05, 0.1) is 12.7 Å². The highest BCUT2D eigenvalue weighted by Gasteiger charge is 2.11. The van der Waals surface area contributed by atoms with Crippen LogP contribution in [0.25, 0.3) is 0 Å². The van der Waals surface area contributed by atoms with E-state index in [0.717, 1.165) is 23.7 Å². The molecule has 0 saturated carbocycles. The van der Waals surface area contributed by atoms with Gasteiger partial charge in [-0.25, -0.2) is 4.39 Å². The number of ether oxygens (including phenoxy) is 1. The minimum atomic E-state index is -0.556. The molecule has 0 radical (unpaired) electrons. The number of hydrogen-bond acceptors (Lipinski definition) is 2. The van der Waals surface area contributed by atoms with Gasteiger partial charge in [0, 0.05) is 12.6 Å². The predicted molar refractivity (Wildman–Crippen MR) is 78.0 cm³/mol. The number of nitrogens with one attached hydrogen (secondary N) is 1. The second kappa shape index (κ2) is 8.29. The summed E-state index contributed by atoms with van der Waals surface area (Å²) in [6, 6.07) is 4.23. The lowest BCUT2D eigenvalue weighted by Crippen LogP contribution is -2.25. The smallest absolute Gasteiger partial charge is 0.254 e. The van der Waals surface area contributed by atoms with Gasteiger partial charge in [0.1, 0.15) is 11.6 Å². The maximum Gasteiger partial charge on any atom is 0.254 e. The SMILES string of the molecule is COc1ccc(C(=O)NCCCCCI)c(F)c1. The van der Waals surface area contributed by atoms with E-state index in [2.05, 4.69) is 27.9 Å². The van der Waals surface area contributed by atoms with Crippen LogP contribution in [-0.4, -0.2) is 24.0 Å². The monoisotopic (exact) mass is 365 g/mol. The summed E-state index contributed by atoms with van der Waals surface area (Å²) in [5, 5.41) is 2.71. The first-order valence-electron chi connectivity index (χ1n) is 5.86. The van der Waals surface area contributed by atoms with Gasteiger partial charge in [-0.2, -0.15) is 0 Å². The van der Waals surface area contributed by atoms with E-state index < -0.39 is 5.82 Å². The highest BCUT2D eigenvalue weighted by atomic mass is 127. The molecule has 0 aliphatic carbocycles. The third-order valence-corrected chi connectivity index (χ3v) is 3.28. The highest BCUT2D eigenvalue weighted by molar-refractivity contribution is 14.1. The van der Waals surface area contributed by atoms with Gasteiger partial charge in [-0.1, -0.05) is 29.0 Å². The summed E-state index contributed by atoms with van der Waals surface area (Å²) in [6.45, 7) is 0.584. The zero-order chi connectivity index (χ0) is 13.4. The number of carbonyl (C=O) groups excluding carboxylic acids is 1. The molecule has 1 aromatic carbocycles. The van der Waals surface area contributed by atoms with Crippen LogP contribution in [0.3, 0.4) is 0 Å². The van der Waals surface area contributed by atoms with Crippen molar-refractivity contribution < 1.29 is 13.9 Å². The summed E-state index contributed by atoms with van der Waals surface area (Å²) in [5.74, 6) is -0.519. The van der Waals surface area contributed by atoms with Crippen molar-refractivity contribution >= 4 is 28.5 Å². The van der Waals surface area contributed by atoms with Gasteiger partial charge in [-0.3, -0.25) is 4.79 Å². The number of rotatable bonds is 7. The van der Waals surface area contributed by atoms with Crippen LogP contribution in [0.15, 0.2) is 18.2 Å². The number of hydrogen-bond donors (Lipinski definition) is 1. The summed E-state index contributed by atoms with van der Waals surface area (Å²) in [6.07, 6.45) is 3.15. The molecule has 1 amide bonds. The van der Waals surface area contributed by atoms with E-state index in [9.17, 15) is 9.18 Å². The van der Waals surface area contributed by atoms with E-state index in [1.165, 1.54) is 19.2 Å². The molecular weight excluding hydrogens is 348 g/mol. The van der Waals surface area contributed by atoms with Crippen molar-refractivity contribution in [1.29, 1.82) is 0 Å². The van der Waals surface area contributed by atoms with E-state index in [4.69, 9.17) is 4.74 Å². The molecule has 0 aliphatic heterocycles. The average Bonchev–Trinajstić information content (AvgIpc) is 2.38. The Bertz CT molecular complexity index is 399. The quantitative estimate of drug-likeness (QED) is 0.458. The molecular formula is C13H17FINO2. The Morgan fingerprint density at radius 2 is 2.17 bits per heavy atom. The van der Waals surface area contributed by atoms with Crippen molar-refractivity contribution in [2.24, 2.45) is 0 Å². The minimum absolute atomic E-state index is 0.0599. The summed E-state index contributed by atoms with van der Waals surface area (Å²) in [7, 11) is 1.46. The van der Waals surface area contributed by atoms with Crippen molar-refractivity contribution in [3.63, 3.8) is 0 Å². The lowest BCUT2D eigenvalue weighted by molar-refractivity contribution is 0.0949. The summed E-state index contributed by atoms with van der Waals surface area (Å²) in [4.78, 5) is 11.7. The molecule has 5 heteroatoms. The van der Waals surface area contributed by atoms with E-state index in [0.29, 0.717) is 12.3 Å². The van der Waals surface area contributed by atoms with Gasteiger partial charge in [0.2, 0.25) is 0 Å². The number of unbranched alkanes of at least 4 members (excludes halogenated alkanes) is 2. The van der Waals surface area contributed by atoms with Gasteiger partial charge in [0.15, 0.2) is 0 Å². The highest BCUT2D eigenvalue weighted by Crippen LogP contribution is 2.16. The molecule has 100 valence electrons. The number of carbonyl (C=O) groups is 1. The van der Waals surface area contributed by atoms with Crippen LogP contribution in [0, 0.1) is 5.82 Å². The van der Waals surface area contributed by atoms with Crippen LogP contribution >= 0.6 is 22.6 Å². The first-order valence-corrected chi connectivity index (χ1v) is 7.39. The average molecular weight is 365 g/mol. The molecule has 0 aliphatic rings. The molecule has 0 aromatic heterocycles. The Hall–Kier alpha value is -0.850. The van der Waals surface area contributed by atoms with Crippen LogP contribution < -0.4 is 10.1 Å². The summed E-state index contributed by atoms with van der Waals surface area (Å²) in [5.41, 5.74) is 0.0599. The van der Waals surface area contributed by atoms with Gasteiger partial charge < -0.3 is 10.1 Å². The summed E-state index contributed by atoms with van der Waals surface area (Å²) >= 11 is 2.32. The molecule has 0 unspecified atom stereocenters. The first-order chi connectivity index (χ1) is 8.69. The zero-order valence-electron chi connectivity index (χ0n) is 10.3. The van der Waals surface area contributed by atoms with Crippen LogP contribution in [0.2, 0.25) is 0 Å². The predicted octanol–water partition coefficient (Wildman–Crippen LogP) is 3.17. The molecule has 0 spiro atoms. The van der Waals surface area contributed by atoms with E-state index in [1.54, 1.807) is 6.07 Å². The van der Waals surface area contributed by atoms with Crippen LogP contribution in [-0.2, 0) is 0 Å². The first kappa shape index (κ1) is 15.2. The van der Waals surface area contributed by atoms with Gasteiger partial charge in [0.25, 0.3) is 5.91 Å². The maximum atomic E-state index is 13.6. The zero-order valence-corrected chi connectivity index (χ0v) is 12.5. The van der Waals surface area contributed by atoms with E-state index in [1.807, 2.05) is 0 Å². The molecule has 0 atom stereocenters. The standard InChI is InChI=1S/C13H17FINO2/c1-18-10-5-6-11(12(14)9-10)13(17)16-8-4-2-3-7-15/h5-6,9H,2-4,7-8H2,1H3,(H,16,17). The molecule has 3 nitrogen and oxygen atoms in total. The number of methoxy groups -OCH3 is 1. The molecule has 1 aromatic rings. The molecule has 0 heterocycles. The second-order valence-corrected chi connectivity index (χ2v) is 4.93. The number of benzene rings is 1. The van der Waals surface area contributed by atoms with Crippen LogP contribution in [0.1, 0.15) is 29.6 Å². The fourth-order valence-electron chi connectivity index (χ4n) is 1.50. The summed E-state index contributed by atoms with van der Waals surface area (Å²) < 4.78 is 19.6. The minimum Gasteiger partial charge on any atom is -0.497 e. The Morgan fingerprint density at radius 3 is 2.78 bits per heavy atom. The Kier molecular flexibility index (Phi) is 7.00. The number of halogens is 2. The van der Waals surface area contributed by atoms with Crippen molar-refractivity contribution in [2.75, 3.05) is 18.1 Å². The molecule has 0 saturated heterocycles. The van der Waals surface area contributed by atoms with E-state index >= 15 is 0 Å². The molecule has 0 fully saturated rings. The number of amides is 1. The largest absolute Gasteiger partial charge is 0.497 e. The maximum absolute atomic E-state index is 13.6.